The highest BCUT2D eigenvalue weighted by molar-refractivity contribution is 9.10. The molecule has 94 valence electrons. The minimum atomic E-state index is -2.64. The number of nitrogens with two attached hydrogens (primary N) is 1. The monoisotopic (exact) mass is 306 g/mol. The third-order valence-corrected chi connectivity index (χ3v) is 3.27. The molecule has 0 radical (unpaired) electrons. The molecule has 0 amide bonds. The van der Waals surface area contributed by atoms with Crippen LogP contribution >= 0.6 is 15.9 Å². The summed E-state index contributed by atoms with van der Waals surface area (Å²) in [5.41, 5.74) is 6.89. The van der Waals surface area contributed by atoms with Crippen LogP contribution in [0.5, 0.6) is 5.75 Å². The number of halogens is 3. The van der Waals surface area contributed by atoms with Crippen LogP contribution in [0.1, 0.15) is 6.42 Å². The minimum absolute atomic E-state index is 0.138. The minimum Gasteiger partial charge on any atom is -0.494 e. The van der Waals surface area contributed by atoms with E-state index in [0.29, 0.717) is 23.7 Å². The van der Waals surface area contributed by atoms with E-state index in [9.17, 15) is 8.78 Å². The van der Waals surface area contributed by atoms with Crippen LogP contribution in [0.25, 0.3) is 0 Å². The first-order chi connectivity index (χ1) is 7.93. The number of nitrogens with zero attached hydrogens (tertiary/aromatic N) is 1. The Balaban J connectivity index is 2.36. The lowest BCUT2D eigenvalue weighted by atomic mass is 10.2. The lowest BCUT2D eigenvalue weighted by Gasteiger charge is -2.21. The number of alkyl halides is 2. The van der Waals surface area contributed by atoms with Crippen molar-refractivity contribution < 1.29 is 13.5 Å². The van der Waals surface area contributed by atoms with Gasteiger partial charge in [0.2, 0.25) is 0 Å². The van der Waals surface area contributed by atoms with Gasteiger partial charge in [-0.25, -0.2) is 8.78 Å². The third-order valence-electron chi connectivity index (χ3n) is 2.82. The lowest BCUT2D eigenvalue weighted by Crippen LogP contribution is -2.25. The first-order valence-corrected chi connectivity index (χ1v) is 5.98. The molecule has 1 aromatic carbocycles. The van der Waals surface area contributed by atoms with E-state index in [-0.39, 0.29) is 13.0 Å². The van der Waals surface area contributed by atoms with Gasteiger partial charge in [0, 0.05) is 17.4 Å². The molecule has 17 heavy (non-hydrogen) atoms. The van der Waals surface area contributed by atoms with Crippen molar-refractivity contribution in [3.05, 3.63) is 16.6 Å². The second-order valence-electron chi connectivity index (χ2n) is 4.07. The van der Waals surface area contributed by atoms with Crippen LogP contribution in [-0.4, -0.2) is 26.1 Å². The zero-order chi connectivity index (χ0) is 12.6. The van der Waals surface area contributed by atoms with E-state index in [2.05, 4.69) is 15.9 Å². The van der Waals surface area contributed by atoms with E-state index in [1.165, 1.54) is 7.11 Å². The van der Waals surface area contributed by atoms with Gasteiger partial charge in [-0.3, -0.25) is 0 Å². The molecule has 1 aliphatic rings. The predicted molar refractivity (Wildman–Crippen MR) is 66.9 cm³/mol. The molecule has 6 heteroatoms. The van der Waals surface area contributed by atoms with Gasteiger partial charge in [0.15, 0.2) is 0 Å². The van der Waals surface area contributed by atoms with Crippen molar-refractivity contribution in [2.75, 3.05) is 30.8 Å². The highest BCUT2D eigenvalue weighted by Gasteiger charge is 2.39. The lowest BCUT2D eigenvalue weighted by molar-refractivity contribution is 0.0257. The Morgan fingerprint density at radius 1 is 1.47 bits per heavy atom. The van der Waals surface area contributed by atoms with E-state index >= 15 is 0 Å². The Morgan fingerprint density at radius 2 is 2.18 bits per heavy atom. The van der Waals surface area contributed by atoms with Crippen molar-refractivity contribution in [1.82, 2.24) is 0 Å². The summed E-state index contributed by atoms with van der Waals surface area (Å²) < 4.78 is 32.2. The molecule has 1 aromatic rings. The normalized spacial score (nSPS) is 18.5. The number of anilines is 2. The Morgan fingerprint density at radius 3 is 2.71 bits per heavy atom. The summed E-state index contributed by atoms with van der Waals surface area (Å²) >= 11 is 3.31. The summed E-state index contributed by atoms with van der Waals surface area (Å²) in [6.07, 6.45) is -0.138. The molecule has 2 N–H and O–H groups in total. The number of nitrogen functional groups attached to an aromatic ring is 1. The maximum Gasteiger partial charge on any atom is 0.266 e. The zero-order valence-electron chi connectivity index (χ0n) is 9.34. The van der Waals surface area contributed by atoms with Crippen LogP contribution in [0, 0.1) is 0 Å². The van der Waals surface area contributed by atoms with Crippen molar-refractivity contribution >= 4 is 27.3 Å². The standard InChI is InChI=1S/C11H13BrF2N2O/c1-17-9-5-7(12)4-8(10(9)15)16-3-2-11(13,14)6-16/h4-5H,2-3,6,15H2,1H3. The molecule has 1 saturated heterocycles. The maximum absolute atomic E-state index is 13.2. The Kier molecular flexibility index (Phi) is 3.16. The second-order valence-corrected chi connectivity index (χ2v) is 4.98. The molecule has 0 saturated carbocycles. The average Bonchev–Trinajstić information content (AvgIpc) is 2.61. The second kappa shape index (κ2) is 4.33. The molecule has 1 aliphatic heterocycles. The Hall–Kier alpha value is -1.04. The Bertz CT molecular complexity index is 440. The van der Waals surface area contributed by atoms with Crippen molar-refractivity contribution in [1.29, 1.82) is 0 Å². The average molecular weight is 307 g/mol. The van der Waals surface area contributed by atoms with Crippen LogP contribution in [0.4, 0.5) is 20.2 Å². The van der Waals surface area contributed by atoms with Gasteiger partial charge in [0.1, 0.15) is 5.75 Å². The van der Waals surface area contributed by atoms with Crippen LogP contribution in [0.3, 0.4) is 0 Å². The fraction of sp³-hybridized carbons (Fsp3) is 0.455. The van der Waals surface area contributed by atoms with Gasteiger partial charge in [-0.2, -0.15) is 0 Å². The number of rotatable bonds is 2. The van der Waals surface area contributed by atoms with E-state index in [0.717, 1.165) is 4.47 Å². The molecule has 1 fully saturated rings. The molecule has 0 spiro atoms. The first kappa shape index (κ1) is 12.4. The van der Waals surface area contributed by atoms with Gasteiger partial charge >= 0.3 is 0 Å². The number of benzene rings is 1. The van der Waals surface area contributed by atoms with Gasteiger partial charge in [-0.15, -0.1) is 0 Å². The van der Waals surface area contributed by atoms with Crippen molar-refractivity contribution in [3.63, 3.8) is 0 Å². The van der Waals surface area contributed by atoms with Gasteiger partial charge in [0.05, 0.1) is 25.0 Å². The zero-order valence-corrected chi connectivity index (χ0v) is 10.9. The van der Waals surface area contributed by atoms with Crippen LogP contribution in [0.15, 0.2) is 16.6 Å². The summed E-state index contributed by atoms with van der Waals surface area (Å²) in [6.45, 7) is 0.00755. The summed E-state index contributed by atoms with van der Waals surface area (Å²) in [5.74, 6) is -2.15. The molecular formula is C11H13BrF2N2O. The van der Waals surface area contributed by atoms with E-state index < -0.39 is 5.92 Å². The molecule has 0 unspecified atom stereocenters. The fourth-order valence-corrected chi connectivity index (χ4v) is 2.38. The van der Waals surface area contributed by atoms with Crippen molar-refractivity contribution in [2.24, 2.45) is 0 Å². The predicted octanol–water partition coefficient (Wildman–Crippen LogP) is 2.89. The van der Waals surface area contributed by atoms with Gasteiger partial charge in [0.25, 0.3) is 5.92 Å². The Labute approximate surface area is 107 Å². The summed E-state index contributed by atoms with van der Waals surface area (Å²) in [7, 11) is 1.50. The number of hydrogen-bond acceptors (Lipinski definition) is 3. The molecule has 0 atom stereocenters. The summed E-state index contributed by atoms with van der Waals surface area (Å²) in [4.78, 5) is 1.59. The van der Waals surface area contributed by atoms with Crippen molar-refractivity contribution in [3.8, 4) is 5.75 Å². The largest absolute Gasteiger partial charge is 0.494 e. The van der Waals surface area contributed by atoms with Crippen LogP contribution < -0.4 is 15.4 Å². The first-order valence-electron chi connectivity index (χ1n) is 5.19. The molecule has 0 aromatic heterocycles. The SMILES string of the molecule is COc1cc(Br)cc(N2CCC(F)(F)C2)c1N. The number of ether oxygens (including phenoxy) is 1. The number of methoxy groups -OCH3 is 1. The van der Waals surface area contributed by atoms with Gasteiger partial charge in [-0.1, -0.05) is 15.9 Å². The van der Waals surface area contributed by atoms with Gasteiger partial charge in [-0.05, 0) is 12.1 Å². The number of hydrogen-bond donors (Lipinski definition) is 1. The van der Waals surface area contributed by atoms with E-state index in [1.54, 1.807) is 17.0 Å². The van der Waals surface area contributed by atoms with E-state index in [4.69, 9.17) is 10.5 Å². The van der Waals surface area contributed by atoms with E-state index in [1.807, 2.05) is 0 Å². The highest BCUT2D eigenvalue weighted by atomic mass is 79.9. The smallest absolute Gasteiger partial charge is 0.266 e. The topological polar surface area (TPSA) is 38.5 Å². The quantitative estimate of drug-likeness (QED) is 0.854. The molecule has 1 heterocycles. The van der Waals surface area contributed by atoms with Crippen LogP contribution in [-0.2, 0) is 0 Å². The molecule has 0 aliphatic carbocycles. The summed E-state index contributed by atoms with van der Waals surface area (Å²) in [5, 5.41) is 0. The maximum atomic E-state index is 13.2. The fourth-order valence-electron chi connectivity index (χ4n) is 1.95. The third kappa shape index (κ3) is 2.46. The molecule has 0 bridgehead atoms. The molecule has 3 nitrogen and oxygen atoms in total. The van der Waals surface area contributed by atoms with Crippen molar-refractivity contribution in [2.45, 2.75) is 12.3 Å². The van der Waals surface area contributed by atoms with Gasteiger partial charge < -0.3 is 15.4 Å². The molecular weight excluding hydrogens is 294 g/mol. The highest BCUT2D eigenvalue weighted by Crippen LogP contribution is 2.39. The van der Waals surface area contributed by atoms with Crippen LogP contribution in [0.2, 0.25) is 0 Å². The molecule has 2 rings (SSSR count). The summed E-state index contributed by atoms with van der Waals surface area (Å²) in [6, 6.07) is 3.45.